The molecule has 1 saturated carbocycles. The first-order valence-electron chi connectivity index (χ1n) is 8.85. The van der Waals surface area contributed by atoms with Crippen molar-refractivity contribution in [2.45, 2.75) is 45.4 Å². The largest absolute Gasteiger partial charge is 0.490 e. The lowest BCUT2D eigenvalue weighted by Crippen LogP contribution is -2.20. The van der Waals surface area contributed by atoms with Crippen LogP contribution in [0, 0.1) is 23.5 Å². The summed E-state index contributed by atoms with van der Waals surface area (Å²) < 4.78 is 42.9. The van der Waals surface area contributed by atoms with Crippen molar-refractivity contribution in [2.75, 3.05) is 20.3 Å². The molecule has 0 N–H and O–H groups in total. The highest BCUT2D eigenvalue weighted by atomic mass is 19.2. The highest BCUT2D eigenvalue weighted by molar-refractivity contribution is 5.70. The molecule has 1 aliphatic carbocycles. The number of benzene rings is 1. The summed E-state index contributed by atoms with van der Waals surface area (Å²) in [6, 6.07) is 2.59. The molecule has 0 spiro atoms. The Morgan fingerprint density at radius 2 is 1.60 bits per heavy atom. The summed E-state index contributed by atoms with van der Waals surface area (Å²) in [5.74, 6) is -2.21. The van der Waals surface area contributed by atoms with E-state index in [0.29, 0.717) is 12.5 Å². The van der Waals surface area contributed by atoms with Gasteiger partial charge in [0.05, 0.1) is 13.7 Å². The molecule has 25 heavy (non-hydrogen) atoms. The Morgan fingerprint density at radius 3 is 2.16 bits per heavy atom. The first-order chi connectivity index (χ1) is 12.0. The molecule has 1 fully saturated rings. The fourth-order valence-electron chi connectivity index (χ4n) is 3.24. The molecule has 4 nitrogen and oxygen atoms in total. The lowest BCUT2D eigenvalue weighted by Gasteiger charge is -2.28. The van der Waals surface area contributed by atoms with Crippen LogP contribution in [0.5, 0.6) is 11.5 Å². The van der Waals surface area contributed by atoms with Crippen LogP contribution in [-0.4, -0.2) is 26.3 Å². The van der Waals surface area contributed by atoms with E-state index in [2.05, 4.69) is 11.7 Å². The number of carbonyl (C=O) groups excluding carboxylic acids is 1. The molecule has 2 rings (SSSR count). The van der Waals surface area contributed by atoms with Gasteiger partial charge in [0.2, 0.25) is 11.6 Å². The van der Waals surface area contributed by atoms with Crippen LogP contribution in [0.1, 0.15) is 45.4 Å². The van der Waals surface area contributed by atoms with Crippen LogP contribution in [-0.2, 0) is 9.53 Å². The van der Waals surface area contributed by atoms with Crippen LogP contribution in [0.15, 0.2) is 12.1 Å². The quantitative estimate of drug-likeness (QED) is 0.643. The summed E-state index contributed by atoms with van der Waals surface area (Å²) in [6.45, 7) is 2.11. The number of methoxy groups -OCH3 is 1. The van der Waals surface area contributed by atoms with Gasteiger partial charge in [-0.15, -0.1) is 0 Å². The summed E-state index contributed by atoms with van der Waals surface area (Å²) in [4.78, 5) is 11.0. The molecule has 1 aromatic rings. The van der Waals surface area contributed by atoms with Crippen LogP contribution in [0.4, 0.5) is 8.78 Å². The summed E-state index contributed by atoms with van der Waals surface area (Å²) in [5, 5.41) is 0. The van der Waals surface area contributed by atoms with Gasteiger partial charge in [-0.3, -0.25) is 0 Å². The number of rotatable bonds is 8. The van der Waals surface area contributed by atoms with Gasteiger partial charge in [0.1, 0.15) is 0 Å². The Labute approximate surface area is 147 Å². The summed E-state index contributed by atoms with van der Waals surface area (Å²) in [5.41, 5.74) is 0. The van der Waals surface area contributed by atoms with Crippen molar-refractivity contribution in [2.24, 2.45) is 11.8 Å². The first kappa shape index (κ1) is 19.5. The van der Waals surface area contributed by atoms with E-state index in [-0.39, 0.29) is 11.5 Å². The predicted octanol–water partition coefficient (Wildman–Crippen LogP) is 4.50. The van der Waals surface area contributed by atoms with Crippen molar-refractivity contribution < 1.29 is 27.8 Å². The molecule has 0 heterocycles. The summed E-state index contributed by atoms with van der Waals surface area (Å²) >= 11 is 0. The molecule has 0 aromatic heterocycles. The Morgan fingerprint density at radius 1 is 1.04 bits per heavy atom. The summed E-state index contributed by atoms with van der Waals surface area (Å²) in [6.07, 6.45) is 6.96. The zero-order valence-corrected chi connectivity index (χ0v) is 14.9. The zero-order valence-electron chi connectivity index (χ0n) is 14.9. The Balaban J connectivity index is 1.86. The fourth-order valence-corrected chi connectivity index (χ4v) is 3.24. The van der Waals surface area contributed by atoms with Gasteiger partial charge in [0, 0.05) is 0 Å². The Kier molecular flexibility index (Phi) is 7.47. The average molecular weight is 356 g/mol. The van der Waals surface area contributed by atoms with Crippen molar-refractivity contribution in [3.8, 4) is 11.5 Å². The topological polar surface area (TPSA) is 44.8 Å². The molecule has 0 atom stereocenters. The lowest BCUT2D eigenvalue weighted by molar-refractivity contribution is -0.142. The minimum Gasteiger partial charge on any atom is -0.490 e. The van der Waals surface area contributed by atoms with Gasteiger partial charge < -0.3 is 14.2 Å². The highest BCUT2D eigenvalue weighted by Crippen LogP contribution is 2.33. The predicted molar refractivity (Wildman–Crippen MR) is 89.7 cm³/mol. The number of halogens is 2. The monoisotopic (exact) mass is 356 g/mol. The molecule has 0 saturated heterocycles. The maximum Gasteiger partial charge on any atom is 0.343 e. The number of hydrogen-bond donors (Lipinski definition) is 0. The molecule has 140 valence electrons. The highest BCUT2D eigenvalue weighted by Gasteiger charge is 2.22. The minimum absolute atomic E-state index is 0.126. The third kappa shape index (κ3) is 5.58. The first-order valence-corrected chi connectivity index (χ1v) is 8.85. The second kappa shape index (κ2) is 9.59. The molecule has 6 heteroatoms. The number of esters is 1. The van der Waals surface area contributed by atoms with Gasteiger partial charge in [0.25, 0.3) is 0 Å². The van der Waals surface area contributed by atoms with E-state index in [4.69, 9.17) is 9.47 Å². The van der Waals surface area contributed by atoms with Gasteiger partial charge in [-0.05, 0) is 36.8 Å². The van der Waals surface area contributed by atoms with Gasteiger partial charge in [0.15, 0.2) is 18.1 Å². The van der Waals surface area contributed by atoms with Gasteiger partial charge in [-0.2, -0.15) is 8.78 Å². The van der Waals surface area contributed by atoms with E-state index in [1.54, 1.807) is 0 Å². The second-order valence-electron chi connectivity index (χ2n) is 6.54. The molecule has 0 bridgehead atoms. The standard InChI is InChI=1S/C19H26F2O4/c1-3-4-13-5-7-14(8-6-13)11-24-15-9-10-16(19(21)18(15)20)25-12-17(22)23-2/h9-10,13-14H,3-8,11-12H2,1-2H3. The molecular formula is C19H26F2O4. The van der Waals surface area contributed by atoms with Crippen LogP contribution >= 0.6 is 0 Å². The van der Waals surface area contributed by atoms with Crippen molar-refractivity contribution in [1.82, 2.24) is 0 Å². The van der Waals surface area contributed by atoms with E-state index in [1.807, 2.05) is 0 Å². The van der Waals surface area contributed by atoms with Crippen LogP contribution < -0.4 is 9.47 Å². The fraction of sp³-hybridized carbons (Fsp3) is 0.632. The van der Waals surface area contributed by atoms with Crippen molar-refractivity contribution in [1.29, 1.82) is 0 Å². The lowest BCUT2D eigenvalue weighted by atomic mass is 9.80. The van der Waals surface area contributed by atoms with Crippen LogP contribution in [0.2, 0.25) is 0 Å². The molecule has 0 unspecified atom stereocenters. The molecule has 1 aliphatic rings. The van der Waals surface area contributed by atoms with E-state index in [1.165, 1.54) is 44.9 Å². The maximum atomic E-state index is 14.1. The van der Waals surface area contributed by atoms with E-state index in [9.17, 15) is 13.6 Å². The maximum absolute atomic E-state index is 14.1. The molecule has 0 radical (unpaired) electrons. The van der Waals surface area contributed by atoms with Gasteiger partial charge >= 0.3 is 5.97 Å². The van der Waals surface area contributed by atoms with Crippen LogP contribution in [0.25, 0.3) is 0 Å². The molecule has 0 amide bonds. The van der Waals surface area contributed by atoms with Gasteiger partial charge in [-0.25, -0.2) is 4.79 Å². The van der Waals surface area contributed by atoms with E-state index >= 15 is 0 Å². The SMILES string of the molecule is CCCC1CCC(COc2ccc(OCC(=O)OC)c(F)c2F)CC1. The third-order valence-corrected chi connectivity index (χ3v) is 4.72. The van der Waals surface area contributed by atoms with Crippen molar-refractivity contribution >= 4 is 5.97 Å². The van der Waals surface area contributed by atoms with Crippen molar-refractivity contribution in [3.05, 3.63) is 23.8 Å². The van der Waals surface area contributed by atoms with Gasteiger partial charge in [-0.1, -0.05) is 32.6 Å². The third-order valence-electron chi connectivity index (χ3n) is 4.72. The molecular weight excluding hydrogens is 330 g/mol. The zero-order chi connectivity index (χ0) is 18.2. The average Bonchev–Trinajstić information content (AvgIpc) is 2.63. The molecule has 0 aliphatic heterocycles. The number of hydrogen-bond acceptors (Lipinski definition) is 4. The Bertz CT molecular complexity index is 569. The van der Waals surface area contributed by atoms with Crippen molar-refractivity contribution in [3.63, 3.8) is 0 Å². The number of ether oxygens (including phenoxy) is 3. The van der Waals surface area contributed by atoms with E-state index < -0.39 is 24.2 Å². The normalized spacial score (nSPS) is 20.2. The minimum atomic E-state index is -1.16. The molecule has 1 aromatic carbocycles. The summed E-state index contributed by atoms with van der Waals surface area (Å²) in [7, 11) is 1.19. The van der Waals surface area contributed by atoms with Crippen LogP contribution in [0.3, 0.4) is 0 Å². The smallest absolute Gasteiger partial charge is 0.343 e. The Hall–Kier alpha value is -1.85. The van der Waals surface area contributed by atoms with E-state index in [0.717, 1.165) is 18.8 Å². The number of carbonyl (C=O) groups is 1. The second-order valence-corrected chi connectivity index (χ2v) is 6.54.